The lowest BCUT2D eigenvalue weighted by Crippen LogP contribution is -2.12. The van der Waals surface area contributed by atoms with Crippen molar-refractivity contribution < 1.29 is 13.2 Å². The van der Waals surface area contributed by atoms with E-state index < -0.39 is 15.9 Å². The molecule has 0 bridgehead atoms. The summed E-state index contributed by atoms with van der Waals surface area (Å²) in [7, 11) is -3.48. The van der Waals surface area contributed by atoms with Crippen LogP contribution in [0.3, 0.4) is 0 Å². The van der Waals surface area contributed by atoms with Crippen LogP contribution in [0.1, 0.15) is 10.5 Å². The SMILES string of the molecule is CS(=O)(=O)n1cc(-c2nc(C(N)=O)c(-c3cn[nH]c3)s2)cn1. The molecule has 1 amide bonds. The third-order valence-corrected chi connectivity index (χ3v) is 4.80. The van der Waals surface area contributed by atoms with Crippen molar-refractivity contribution in [3.8, 4) is 21.0 Å². The number of thiazole rings is 1. The zero-order valence-corrected chi connectivity index (χ0v) is 12.8. The molecule has 0 saturated carbocycles. The van der Waals surface area contributed by atoms with Gasteiger partial charge < -0.3 is 5.73 Å². The summed E-state index contributed by atoms with van der Waals surface area (Å²) in [6.07, 6.45) is 6.90. The highest BCUT2D eigenvalue weighted by atomic mass is 32.2. The number of carbonyl (C=O) groups excluding carboxylic acids is 1. The van der Waals surface area contributed by atoms with E-state index in [1.807, 2.05) is 0 Å². The molecule has 0 aromatic carbocycles. The van der Waals surface area contributed by atoms with Crippen LogP contribution < -0.4 is 5.73 Å². The third-order valence-electron chi connectivity index (χ3n) is 2.77. The van der Waals surface area contributed by atoms with E-state index in [1.54, 1.807) is 12.4 Å². The minimum absolute atomic E-state index is 0.105. The standard InChI is InChI=1S/C11H10N6O3S2/c1-22(19,20)17-5-7(4-15-17)11-16-8(10(12)18)9(21-11)6-2-13-14-3-6/h2-5H,1H3,(H2,12,18)(H,13,14). The summed E-state index contributed by atoms with van der Waals surface area (Å²) in [5.74, 6) is -0.672. The maximum atomic E-state index is 11.5. The molecular formula is C11H10N6O3S2. The van der Waals surface area contributed by atoms with E-state index >= 15 is 0 Å². The van der Waals surface area contributed by atoms with Crippen molar-refractivity contribution in [1.82, 2.24) is 24.4 Å². The molecule has 3 rings (SSSR count). The molecule has 3 N–H and O–H groups in total. The van der Waals surface area contributed by atoms with E-state index in [9.17, 15) is 13.2 Å². The molecule has 3 heterocycles. The second-order valence-electron chi connectivity index (χ2n) is 4.41. The summed E-state index contributed by atoms with van der Waals surface area (Å²) in [6, 6.07) is 0. The highest BCUT2D eigenvalue weighted by Gasteiger charge is 2.20. The molecule has 0 fully saturated rings. The number of primary amides is 1. The zero-order chi connectivity index (χ0) is 15.9. The van der Waals surface area contributed by atoms with Crippen LogP contribution in [0.5, 0.6) is 0 Å². The van der Waals surface area contributed by atoms with E-state index in [2.05, 4.69) is 20.3 Å². The Labute approximate surface area is 128 Å². The Morgan fingerprint density at radius 2 is 2.14 bits per heavy atom. The van der Waals surface area contributed by atoms with Gasteiger partial charge in [0.05, 0.1) is 29.7 Å². The first-order valence-electron chi connectivity index (χ1n) is 5.91. The number of H-pyrrole nitrogens is 1. The predicted octanol–water partition coefficient (Wildman–Crippen LogP) is 0.303. The Morgan fingerprint density at radius 1 is 1.36 bits per heavy atom. The molecule has 0 saturated heterocycles. The second kappa shape index (κ2) is 5.03. The van der Waals surface area contributed by atoms with Crippen molar-refractivity contribution >= 4 is 27.3 Å². The molecular weight excluding hydrogens is 328 g/mol. The lowest BCUT2D eigenvalue weighted by Gasteiger charge is -1.93. The van der Waals surface area contributed by atoms with Gasteiger partial charge in [-0.3, -0.25) is 9.89 Å². The van der Waals surface area contributed by atoms with Crippen molar-refractivity contribution in [2.24, 2.45) is 5.73 Å². The highest BCUT2D eigenvalue weighted by molar-refractivity contribution is 7.89. The minimum Gasteiger partial charge on any atom is -0.364 e. The number of carbonyl (C=O) groups is 1. The minimum atomic E-state index is -3.48. The molecule has 22 heavy (non-hydrogen) atoms. The smallest absolute Gasteiger partial charge is 0.268 e. The number of nitrogens with zero attached hydrogens (tertiary/aromatic N) is 4. The summed E-state index contributed by atoms with van der Waals surface area (Å²) in [5, 5.41) is 10.7. The predicted molar refractivity (Wildman–Crippen MR) is 79.7 cm³/mol. The van der Waals surface area contributed by atoms with Crippen LogP contribution in [0.15, 0.2) is 24.8 Å². The van der Waals surface area contributed by atoms with Gasteiger partial charge in [0.15, 0.2) is 0 Å². The molecule has 9 nitrogen and oxygen atoms in total. The van der Waals surface area contributed by atoms with Gasteiger partial charge in [-0.2, -0.15) is 14.3 Å². The Kier molecular flexibility index (Phi) is 3.30. The fourth-order valence-electron chi connectivity index (χ4n) is 1.78. The van der Waals surface area contributed by atoms with Gasteiger partial charge in [-0.25, -0.2) is 13.4 Å². The van der Waals surface area contributed by atoms with Crippen molar-refractivity contribution in [1.29, 1.82) is 0 Å². The van der Waals surface area contributed by atoms with E-state index in [4.69, 9.17) is 5.73 Å². The topological polar surface area (TPSA) is 137 Å². The third kappa shape index (κ3) is 2.51. The second-order valence-corrected chi connectivity index (χ2v) is 7.25. The fourth-order valence-corrected chi connectivity index (χ4v) is 3.33. The molecule has 0 aliphatic heterocycles. The normalized spacial score (nSPS) is 11.7. The fraction of sp³-hybridized carbons (Fsp3) is 0.0909. The number of rotatable bonds is 4. The molecule has 0 unspecified atom stereocenters. The average molecular weight is 338 g/mol. The molecule has 11 heteroatoms. The summed E-state index contributed by atoms with van der Waals surface area (Å²) < 4.78 is 23.7. The zero-order valence-electron chi connectivity index (χ0n) is 11.2. The molecule has 0 atom stereocenters. The first-order valence-corrected chi connectivity index (χ1v) is 8.58. The van der Waals surface area contributed by atoms with Gasteiger partial charge in [0.25, 0.3) is 15.9 Å². The lowest BCUT2D eigenvalue weighted by atomic mass is 10.2. The monoisotopic (exact) mass is 338 g/mol. The van der Waals surface area contributed by atoms with Crippen LogP contribution in [-0.2, 0) is 10.0 Å². The number of hydrogen-bond acceptors (Lipinski definition) is 7. The van der Waals surface area contributed by atoms with Crippen molar-refractivity contribution in [2.45, 2.75) is 0 Å². The van der Waals surface area contributed by atoms with Crippen LogP contribution in [0.2, 0.25) is 0 Å². The van der Waals surface area contributed by atoms with Gasteiger partial charge in [0, 0.05) is 17.3 Å². The molecule has 114 valence electrons. The quantitative estimate of drug-likeness (QED) is 0.702. The Morgan fingerprint density at radius 3 is 2.68 bits per heavy atom. The maximum Gasteiger partial charge on any atom is 0.268 e. The number of aromatic amines is 1. The largest absolute Gasteiger partial charge is 0.364 e. The van der Waals surface area contributed by atoms with Gasteiger partial charge in [0.1, 0.15) is 10.7 Å². The van der Waals surface area contributed by atoms with Crippen molar-refractivity contribution in [3.05, 3.63) is 30.5 Å². The summed E-state index contributed by atoms with van der Waals surface area (Å²) in [4.78, 5) is 16.3. The van der Waals surface area contributed by atoms with Crippen LogP contribution >= 0.6 is 11.3 Å². The summed E-state index contributed by atoms with van der Waals surface area (Å²) in [6.45, 7) is 0. The van der Waals surface area contributed by atoms with E-state index in [0.29, 0.717) is 21.0 Å². The highest BCUT2D eigenvalue weighted by Crippen LogP contribution is 2.34. The van der Waals surface area contributed by atoms with Crippen molar-refractivity contribution in [3.63, 3.8) is 0 Å². The first-order chi connectivity index (χ1) is 10.4. The first kappa shape index (κ1) is 14.4. The van der Waals surface area contributed by atoms with Gasteiger partial charge >= 0.3 is 0 Å². The number of aromatic nitrogens is 5. The molecule has 3 aromatic heterocycles. The van der Waals surface area contributed by atoms with E-state index in [0.717, 1.165) is 10.3 Å². The molecule has 0 aliphatic carbocycles. The Hall–Kier alpha value is -2.53. The van der Waals surface area contributed by atoms with Crippen molar-refractivity contribution in [2.75, 3.05) is 6.26 Å². The van der Waals surface area contributed by atoms with E-state index in [1.165, 1.54) is 23.7 Å². The number of nitrogens with two attached hydrogens (primary N) is 1. The molecule has 3 aromatic rings. The lowest BCUT2D eigenvalue weighted by molar-refractivity contribution is 0.0997. The maximum absolute atomic E-state index is 11.5. The summed E-state index contributed by atoms with van der Waals surface area (Å²) in [5.41, 5.74) is 6.60. The number of nitrogens with one attached hydrogen (secondary N) is 1. The van der Waals surface area contributed by atoms with Crippen LogP contribution in [0.4, 0.5) is 0 Å². The Balaban J connectivity index is 2.11. The Bertz CT molecular complexity index is 939. The van der Waals surface area contributed by atoms with Gasteiger partial charge in [-0.05, 0) is 0 Å². The molecule has 0 radical (unpaired) electrons. The van der Waals surface area contributed by atoms with Gasteiger partial charge in [-0.1, -0.05) is 0 Å². The number of hydrogen-bond donors (Lipinski definition) is 2. The van der Waals surface area contributed by atoms with E-state index in [-0.39, 0.29) is 5.69 Å². The molecule has 0 spiro atoms. The van der Waals surface area contributed by atoms with Crippen LogP contribution in [0, 0.1) is 0 Å². The van der Waals surface area contributed by atoms with Crippen LogP contribution in [0.25, 0.3) is 21.0 Å². The average Bonchev–Trinajstić information content (AvgIpc) is 3.17. The van der Waals surface area contributed by atoms with Gasteiger partial charge in [-0.15, -0.1) is 11.3 Å². The summed E-state index contributed by atoms with van der Waals surface area (Å²) >= 11 is 1.20. The van der Waals surface area contributed by atoms with Gasteiger partial charge in [0.2, 0.25) is 0 Å². The molecule has 0 aliphatic rings. The van der Waals surface area contributed by atoms with Crippen LogP contribution in [-0.4, -0.2) is 44.9 Å². The number of amides is 1.